The molecule has 0 bridgehead atoms. The van der Waals surface area contributed by atoms with Crippen LogP contribution in [-0.2, 0) is 0 Å². The molecular formula is C13H15N3OS. The van der Waals surface area contributed by atoms with Crippen molar-refractivity contribution in [1.82, 2.24) is 14.9 Å². The zero-order valence-electron chi connectivity index (χ0n) is 10.2. The van der Waals surface area contributed by atoms with Crippen LogP contribution in [0.15, 0.2) is 23.7 Å². The molecule has 1 aliphatic rings. The molecule has 3 rings (SSSR count). The summed E-state index contributed by atoms with van der Waals surface area (Å²) in [5.74, 6) is 1.04. The lowest BCUT2D eigenvalue weighted by Crippen LogP contribution is -2.30. The number of rotatable bonds is 2. The number of H-pyrrole nitrogens is 1. The average Bonchev–Trinajstić information content (AvgIpc) is 3.09. The Kier molecular flexibility index (Phi) is 2.91. The molecule has 1 aliphatic heterocycles. The van der Waals surface area contributed by atoms with Gasteiger partial charge in [0.15, 0.2) is 0 Å². The summed E-state index contributed by atoms with van der Waals surface area (Å²) in [6.45, 7) is 2.80. The second-order valence-corrected chi connectivity index (χ2v) is 5.53. The Hall–Kier alpha value is -1.62. The highest BCUT2D eigenvalue weighted by Crippen LogP contribution is 2.32. The number of nitrogens with zero attached hydrogens (tertiary/aromatic N) is 2. The van der Waals surface area contributed by atoms with Crippen LogP contribution >= 0.6 is 11.3 Å². The SMILES string of the molecule is Cc1cnc(C2CCCN2C(=O)c2cccs2)[nH]1. The monoisotopic (exact) mass is 261 g/mol. The molecule has 94 valence electrons. The Labute approximate surface area is 110 Å². The molecule has 3 heterocycles. The van der Waals surface area contributed by atoms with Crippen LogP contribution in [0.5, 0.6) is 0 Å². The van der Waals surface area contributed by atoms with Gasteiger partial charge in [-0.25, -0.2) is 4.98 Å². The fourth-order valence-electron chi connectivity index (χ4n) is 2.44. The molecule has 0 aromatic carbocycles. The van der Waals surface area contributed by atoms with E-state index in [0.717, 1.165) is 35.8 Å². The standard InChI is InChI=1S/C13H15N3OS/c1-9-8-14-12(15-9)10-4-2-6-16(10)13(17)11-5-3-7-18-11/h3,5,7-8,10H,2,4,6H2,1H3,(H,14,15). The maximum atomic E-state index is 12.4. The van der Waals surface area contributed by atoms with Gasteiger partial charge in [-0.15, -0.1) is 11.3 Å². The highest BCUT2D eigenvalue weighted by Gasteiger charge is 2.32. The van der Waals surface area contributed by atoms with E-state index in [0.29, 0.717) is 0 Å². The molecule has 1 fully saturated rings. The molecule has 1 amide bonds. The van der Waals surface area contributed by atoms with Gasteiger partial charge < -0.3 is 9.88 Å². The largest absolute Gasteiger partial charge is 0.344 e. The van der Waals surface area contributed by atoms with E-state index in [9.17, 15) is 4.79 Å². The van der Waals surface area contributed by atoms with E-state index >= 15 is 0 Å². The van der Waals surface area contributed by atoms with E-state index in [4.69, 9.17) is 0 Å². The van der Waals surface area contributed by atoms with Crippen molar-refractivity contribution in [2.24, 2.45) is 0 Å². The second-order valence-electron chi connectivity index (χ2n) is 4.59. The summed E-state index contributed by atoms with van der Waals surface area (Å²) in [7, 11) is 0. The van der Waals surface area contributed by atoms with Gasteiger partial charge in [0.2, 0.25) is 0 Å². The number of carbonyl (C=O) groups excluding carboxylic acids is 1. The summed E-state index contributed by atoms with van der Waals surface area (Å²) in [5.41, 5.74) is 1.04. The number of thiophene rings is 1. The molecule has 0 aliphatic carbocycles. The van der Waals surface area contributed by atoms with Crippen LogP contribution in [0.2, 0.25) is 0 Å². The summed E-state index contributed by atoms with van der Waals surface area (Å²) in [5, 5.41) is 1.94. The summed E-state index contributed by atoms with van der Waals surface area (Å²) in [6, 6.07) is 3.91. The van der Waals surface area contributed by atoms with Crippen LogP contribution in [0.4, 0.5) is 0 Å². The maximum absolute atomic E-state index is 12.4. The van der Waals surface area contributed by atoms with Crippen molar-refractivity contribution in [3.05, 3.63) is 40.1 Å². The van der Waals surface area contributed by atoms with Crippen LogP contribution in [0.1, 0.15) is 40.1 Å². The smallest absolute Gasteiger partial charge is 0.264 e. The van der Waals surface area contributed by atoms with Gasteiger partial charge in [0.05, 0.1) is 10.9 Å². The molecule has 0 saturated carbocycles. The van der Waals surface area contributed by atoms with E-state index < -0.39 is 0 Å². The van der Waals surface area contributed by atoms with E-state index in [1.165, 1.54) is 11.3 Å². The Morgan fingerprint density at radius 3 is 3.17 bits per heavy atom. The van der Waals surface area contributed by atoms with Crippen molar-refractivity contribution in [2.45, 2.75) is 25.8 Å². The first-order valence-corrected chi connectivity index (χ1v) is 6.99. The van der Waals surface area contributed by atoms with Crippen molar-refractivity contribution in [3.63, 3.8) is 0 Å². The maximum Gasteiger partial charge on any atom is 0.264 e. The normalized spacial score (nSPS) is 19.4. The Bertz CT molecular complexity index is 546. The molecule has 1 unspecified atom stereocenters. The first-order chi connectivity index (χ1) is 8.75. The third kappa shape index (κ3) is 1.95. The molecular weight excluding hydrogens is 246 g/mol. The predicted octanol–water partition coefficient (Wildman–Crippen LogP) is 2.76. The number of likely N-dealkylation sites (tertiary alicyclic amines) is 1. The number of aryl methyl sites for hydroxylation is 1. The fraction of sp³-hybridized carbons (Fsp3) is 0.385. The zero-order chi connectivity index (χ0) is 12.5. The molecule has 1 atom stereocenters. The molecule has 1 N–H and O–H groups in total. The fourth-order valence-corrected chi connectivity index (χ4v) is 3.12. The van der Waals surface area contributed by atoms with Crippen molar-refractivity contribution in [3.8, 4) is 0 Å². The van der Waals surface area contributed by atoms with Gasteiger partial charge in [-0.1, -0.05) is 6.07 Å². The number of imidazole rings is 1. The van der Waals surface area contributed by atoms with Crippen LogP contribution in [0, 0.1) is 6.92 Å². The third-order valence-electron chi connectivity index (χ3n) is 3.28. The average molecular weight is 261 g/mol. The quantitative estimate of drug-likeness (QED) is 0.903. The lowest BCUT2D eigenvalue weighted by molar-refractivity contribution is 0.0735. The summed E-state index contributed by atoms with van der Waals surface area (Å²) >= 11 is 1.50. The molecule has 0 spiro atoms. The van der Waals surface area contributed by atoms with Crippen LogP contribution in [0.25, 0.3) is 0 Å². The van der Waals surface area contributed by atoms with Gasteiger partial charge in [-0.3, -0.25) is 4.79 Å². The lowest BCUT2D eigenvalue weighted by atomic mass is 10.2. The van der Waals surface area contributed by atoms with Crippen molar-refractivity contribution < 1.29 is 4.79 Å². The van der Waals surface area contributed by atoms with Crippen LogP contribution in [-0.4, -0.2) is 27.3 Å². The summed E-state index contributed by atoms with van der Waals surface area (Å²) in [4.78, 5) is 22.8. The van der Waals surface area contributed by atoms with Gasteiger partial charge in [0.1, 0.15) is 5.82 Å². The van der Waals surface area contributed by atoms with Crippen LogP contribution < -0.4 is 0 Å². The predicted molar refractivity (Wildman–Crippen MR) is 70.7 cm³/mol. The number of aromatic amines is 1. The zero-order valence-corrected chi connectivity index (χ0v) is 11.0. The second kappa shape index (κ2) is 4.57. The minimum Gasteiger partial charge on any atom is -0.344 e. The van der Waals surface area contributed by atoms with Crippen molar-refractivity contribution in [2.75, 3.05) is 6.54 Å². The lowest BCUT2D eigenvalue weighted by Gasteiger charge is -2.22. The van der Waals surface area contributed by atoms with Crippen LogP contribution in [0.3, 0.4) is 0 Å². The molecule has 5 heteroatoms. The van der Waals surface area contributed by atoms with Gasteiger partial charge in [-0.05, 0) is 31.2 Å². The molecule has 2 aromatic heterocycles. The summed E-state index contributed by atoms with van der Waals surface area (Å²) in [6.07, 6.45) is 3.85. The first kappa shape index (κ1) is 11.5. The molecule has 1 saturated heterocycles. The van der Waals surface area contributed by atoms with E-state index in [-0.39, 0.29) is 11.9 Å². The summed E-state index contributed by atoms with van der Waals surface area (Å²) < 4.78 is 0. The number of hydrogen-bond donors (Lipinski definition) is 1. The van der Waals surface area contributed by atoms with Gasteiger partial charge in [0, 0.05) is 18.4 Å². The van der Waals surface area contributed by atoms with E-state index in [2.05, 4.69) is 9.97 Å². The van der Waals surface area contributed by atoms with E-state index in [1.54, 1.807) is 0 Å². The van der Waals surface area contributed by atoms with E-state index in [1.807, 2.05) is 35.5 Å². The molecule has 18 heavy (non-hydrogen) atoms. The molecule has 4 nitrogen and oxygen atoms in total. The van der Waals surface area contributed by atoms with Crippen molar-refractivity contribution >= 4 is 17.2 Å². The Morgan fingerprint density at radius 1 is 1.61 bits per heavy atom. The van der Waals surface area contributed by atoms with Gasteiger partial charge in [0.25, 0.3) is 5.91 Å². The third-order valence-corrected chi connectivity index (χ3v) is 4.14. The highest BCUT2D eigenvalue weighted by atomic mass is 32.1. The topological polar surface area (TPSA) is 49.0 Å². The number of aromatic nitrogens is 2. The first-order valence-electron chi connectivity index (χ1n) is 6.11. The number of amides is 1. The van der Waals surface area contributed by atoms with Gasteiger partial charge in [-0.2, -0.15) is 0 Å². The minimum absolute atomic E-state index is 0.105. The number of nitrogens with one attached hydrogen (secondary N) is 1. The molecule has 0 radical (unpaired) electrons. The Morgan fingerprint density at radius 2 is 2.50 bits per heavy atom. The molecule has 2 aromatic rings. The van der Waals surface area contributed by atoms with Crippen molar-refractivity contribution in [1.29, 1.82) is 0 Å². The highest BCUT2D eigenvalue weighted by molar-refractivity contribution is 7.12. The van der Waals surface area contributed by atoms with Gasteiger partial charge >= 0.3 is 0 Å². The minimum atomic E-state index is 0.105. The number of carbonyl (C=O) groups is 1. The number of hydrogen-bond acceptors (Lipinski definition) is 3. The Balaban J connectivity index is 1.85.